The third-order valence-electron chi connectivity index (χ3n) is 2.20. The summed E-state index contributed by atoms with van der Waals surface area (Å²) in [6.07, 6.45) is 2.06. The Labute approximate surface area is 90.4 Å². The van der Waals surface area contributed by atoms with Gasteiger partial charge in [-0.15, -0.1) is 5.10 Å². The molecule has 0 unspecified atom stereocenters. The predicted octanol–water partition coefficient (Wildman–Crippen LogP) is 0.706. The van der Waals surface area contributed by atoms with Crippen LogP contribution in [0.2, 0.25) is 0 Å². The van der Waals surface area contributed by atoms with Crippen LogP contribution in [0.3, 0.4) is 0 Å². The highest BCUT2D eigenvalue weighted by Crippen LogP contribution is 2.08. The minimum absolute atomic E-state index is 0.0749. The molecule has 1 aromatic carbocycles. The maximum absolute atomic E-state index is 5.18. The largest absolute Gasteiger partial charge is 0.369 e. The van der Waals surface area contributed by atoms with Gasteiger partial charge in [-0.1, -0.05) is 24.3 Å². The van der Waals surface area contributed by atoms with Gasteiger partial charge < -0.3 is 16.9 Å². The van der Waals surface area contributed by atoms with E-state index in [4.69, 9.17) is 11.5 Å². The molecule has 0 aliphatic rings. The molecule has 15 heavy (non-hydrogen) atoms. The molecule has 0 radical (unpaired) electrons. The van der Waals surface area contributed by atoms with Gasteiger partial charge in [0.2, 0.25) is 5.96 Å². The Balaban J connectivity index is 2.26. The zero-order valence-electron chi connectivity index (χ0n) is 9.03. The molecule has 0 amide bonds. The monoisotopic (exact) mass is 206 g/mol. The van der Waals surface area contributed by atoms with Crippen LogP contribution in [0.4, 0.5) is 0 Å². The van der Waals surface area contributed by atoms with E-state index in [1.165, 1.54) is 11.1 Å². The Bertz CT molecular complexity index is 329. The van der Waals surface area contributed by atoms with E-state index in [1.54, 1.807) is 0 Å². The number of rotatable bonds is 5. The van der Waals surface area contributed by atoms with Crippen molar-refractivity contribution in [1.29, 1.82) is 0 Å². The maximum atomic E-state index is 5.18. The number of hydrogen-bond acceptors (Lipinski definition) is 2. The molecule has 0 aromatic heterocycles. The van der Waals surface area contributed by atoms with Crippen molar-refractivity contribution in [2.24, 2.45) is 16.6 Å². The Morgan fingerprint density at radius 3 is 2.73 bits per heavy atom. The molecular formula is C11H18N4. The summed E-state index contributed by atoms with van der Waals surface area (Å²) in [5.41, 5.74) is 15.9. The normalized spacial score (nSPS) is 9.67. The van der Waals surface area contributed by atoms with Crippen LogP contribution in [0.25, 0.3) is 0 Å². The van der Waals surface area contributed by atoms with Crippen molar-refractivity contribution in [3.8, 4) is 0 Å². The second kappa shape index (κ2) is 5.90. The minimum Gasteiger partial charge on any atom is -0.369 e. The first-order chi connectivity index (χ1) is 7.20. The molecule has 4 heteroatoms. The van der Waals surface area contributed by atoms with Crippen LogP contribution in [0.5, 0.6) is 0 Å². The topological polar surface area (TPSA) is 76.4 Å². The molecule has 5 N–H and O–H groups in total. The lowest BCUT2D eigenvalue weighted by Gasteiger charge is -2.05. The van der Waals surface area contributed by atoms with Crippen molar-refractivity contribution in [1.82, 2.24) is 5.43 Å². The van der Waals surface area contributed by atoms with Crippen LogP contribution < -0.4 is 16.9 Å². The van der Waals surface area contributed by atoms with Gasteiger partial charge in [0.25, 0.3) is 0 Å². The summed E-state index contributed by atoms with van der Waals surface area (Å²) in [4.78, 5) is 0. The Morgan fingerprint density at radius 2 is 2.07 bits per heavy atom. The van der Waals surface area contributed by atoms with Crippen molar-refractivity contribution in [3.63, 3.8) is 0 Å². The first kappa shape index (κ1) is 11.4. The molecule has 0 aliphatic heterocycles. The zero-order valence-corrected chi connectivity index (χ0v) is 9.03. The van der Waals surface area contributed by atoms with Gasteiger partial charge in [0.15, 0.2) is 0 Å². The second-order valence-electron chi connectivity index (χ2n) is 3.47. The van der Waals surface area contributed by atoms with Crippen molar-refractivity contribution >= 4 is 5.96 Å². The van der Waals surface area contributed by atoms with Gasteiger partial charge in [-0.25, -0.2) is 0 Å². The number of guanidine groups is 1. The molecule has 0 aliphatic carbocycles. The van der Waals surface area contributed by atoms with Crippen molar-refractivity contribution in [3.05, 3.63) is 35.4 Å². The average molecular weight is 206 g/mol. The third kappa shape index (κ3) is 4.35. The summed E-state index contributed by atoms with van der Waals surface area (Å²) in [6, 6.07) is 8.39. The van der Waals surface area contributed by atoms with Gasteiger partial charge in [-0.3, -0.25) is 0 Å². The lowest BCUT2D eigenvalue weighted by molar-refractivity contribution is 0.679. The van der Waals surface area contributed by atoms with Gasteiger partial charge in [0.1, 0.15) is 0 Å². The van der Waals surface area contributed by atoms with Crippen LogP contribution >= 0.6 is 0 Å². The number of aryl methyl sites for hydroxylation is 2. The smallest absolute Gasteiger partial charge is 0.208 e. The lowest BCUT2D eigenvalue weighted by Crippen LogP contribution is -2.26. The van der Waals surface area contributed by atoms with Crippen LogP contribution in [0.15, 0.2) is 29.4 Å². The quantitative estimate of drug-likeness (QED) is 0.287. The summed E-state index contributed by atoms with van der Waals surface area (Å²) in [5, 5.41) is 3.70. The average Bonchev–Trinajstić information content (AvgIpc) is 2.20. The molecule has 1 rings (SSSR count). The summed E-state index contributed by atoms with van der Waals surface area (Å²) < 4.78 is 0. The molecule has 0 fully saturated rings. The van der Waals surface area contributed by atoms with E-state index in [0.29, 0.717) is 0 Å². The first-order valence-electron chi connectivity index (χ1n) is 5.06. The van der Waals surface area contributed by atoms with Gasteiger partial charge >= 0.3 is 0 Å². The predicted molar refractivity (Wildman–Crippen MR) is 63.3 cm³/mol. The van der Waals surface area contributed by atoms with Gasteiger partial charge in [0.05, 0.1) is 0 Å². The van der Waals surface area contributed by atoms with Gasteiger partial charge in [0, 0.05) is 6.54 Å². The van der Waals surface area contributed by atoms with E-state index in [-0.39, 0.29) is 5.96 Å². The highest BCUT2D eigenvalue weighted by atomic mass is 15.3. The van der Waals surface area contributed by atoms with Gasteiger partial charge in [-0.05, 0) is 30.9 Å². The van der Waals surface area contributed by atoms with Crippen molar-refractivity contribution < 1.29 is 0 Å². The van der Waals surface area contributed by atoms with E-state index in [9.17, 15) is 0 Å². The van der Waals surface area contributed by atoms with E-state index in [1.807, 2.05) is 0 Å². The Kier molecular flexibility index (Phi) is 4.47. The van der Waals surface area contributed by atoms with E-state index < -0.39 is 0 Å². The van der Waals surface area contributed by atoms with Crippen LogP contribution in [0, 0.1) is 6.92 Å². The molecule has 0 saturated carbocycles. The fourth-order valence-electron chi connectivity index (χ4n) is 1.40. The molecule has 0 atom stereocenters. The number of nitrogens with zero attached hydrogens (tertiary/aromatic N) is 1. The van der Waals surface area contributed by atoms with Crippen LogP contribution in [-0.2, 0) is 6.42 Å². The molecule has 0 heterocycles. The maximum Gasteiger partial charge on any atom is 0.208 e. The fraction of sp³-hybridized carbons (Fsp3) is 0.364. The number of hydrazone groups is 1. The van der Waals surface area contributed by atoms with Crippen molar-refractivity contribution in [2.45, 2.75) is 19.8 Å². The van der Waals surface area contributed by atoms with E-state index in [0.717, 1.165) is 19.4 Å². The Morgan fingerprint density at radius 1 is 1.33 bits per heavy atom. The number of hydrogen-bond donors (Lipinski definition) is 3. The SMILES string of the molecule is Cc1ccccc1CCCNN=C(N)N. The lowest BCUT2D eigenvalue weighted by atomic mass is 10.0. The highest BCUT2D eigenvalue weighted by Gasteiger charge is 1.95. The minimum atomic E-state index is 0.0749. The van der Waals surface area contributed by atoms with Crippen LogP contribution in [0.1, 0.15) is 17.5 Å². The fourth-order valence-corrected chi connectivity index (χ4v) is 1.40. The summed E-state index contributed by atoms with van der Waals surface area (Å²) >= 11 is 0. The Hall–Kier alpha value is -1.71. The number of nitrogens with one attached hydrogen (secondary N) is 1. The molecule has 0 spiro atoms. The summed E-state index contributed by atoms with van der Waals surface area (Å²) in [5.74, 6) is 0.0749. The number of benzene rings is 1. The zero-order chi connectivity index (χ0) is 11.1. The molecule has 82 valence electrons. The molecule has 0 bridgehead atoms. The summed E-state index contributed by atoms with van der Waals surface area (Å²) in [7, 11) is 0. The first-order valence-corrected chi connectivity index (χ1v) is 5.06. The molecular weight excluding hydrogens is 188 g/mol. The second-order valence-corrected chi connectivity index (χ2v) is 3.47. The molecule has 1 aromatic rings. The van der Waals surface area contributed by atoms with Crippen molar-refractivity contribution in [2.75, 3.05) is 6.54 Å². The molecule has 4 nitrogen and oxygen atoms in total. The number of nitrogens with two attached hydrogens (primary N) is 2. The van der Waals surface area contributed by atoms with Gasteiger partial charge in [-0.2, -0.15) is 0 Å². The standard InChI is InChI=1S/C11H18N4/c1-9-5-2-3-6-10(9)7-4-8-14-15-11(12)13/h2-3,5-6,14H,4,7-8H2,1H3,(H4,12,13,15). The summed E-state index contributed by atoms with van der Waals surface area (Å²) in [6.45, 7) is 2.91. The van der Waals surface area contributed by atoms with E-state index >= 15 is 0 Å². The highest BCUT2D eigenvalue weighted by molar-refractivity contribution is 5.75. The molecule has 0 saturated heterocycles. The third-order valence-corrected chi connectivity index (χ3v) is 2.20. The van der Waals surface area contributed by atoms with Crippen LogP contribution in [-0.4, -0.2) is 12.5 Å². The van der Waals surface area contributed by atoms with E-state index in [2.05, 4.69) is 41.7 Å².